The number of hydrogen-bond acceptors (Lipinski definition) is 4. The molecule has 1 amide bonds. The highest BCUT2D eigenvalue weighted by Gasteiger charge is 2.19. The SMILES string of the molecule is CN(C)c1cc(C(=O)N[C@H](c2ccc(F)cc2)c2cccs2)ccn1. The molecule has 0 unspecified atom stereocenters. The Morgan fingerprint density at radius 2 is 1.96 bits per heavy atom. The maximum atomic E-state index is 13.2. The number of carbonyl (C=O) groups is 1. The Kier molecular flexibility index (Phi) is 5.09. The van der Waals surface area contributed by atoms with Gasteiger partial charge in [-0.1, -0.05) is 18.2 Å². The summed E-state index contributed by atoms with van der Waals surface area (Å²) in [5.41, 5.74) is 1.36. The molecule has 0 fully saturated rings. The average molecular weight is 355 g/mol. The average Bonchev–Trinajstić information content (AvgIpc) is 3.15. The van der Waals surface area contributed by atoms with Crippen molar-refractivity contribution in [3.8, 4) is 0 Å². The van der Waals surface area contributed by atoms with Crippen LogP contribution in [0.4, 0.5) is 10.2 Å². The number of carbonyl (C=O) groups excluding carboxylic acids is 1. The standard InChI is InChI=1S/C19H18FN3OS/c1-23(2)17-12-14(9-10-21-17)19(24)22-18(16-4-3-11-25-16)13-5-7-15(20)8-6-13/h3-12,18H,1-2H3,(H,22,24)/t18-/m1/s1. The van der Waals surface area contributed by atoms with Crippen LogP contribution >= 0.6 is 11.3 Å². The monoisotopic (exact) mass is 355 g/mol. The maximum Gasteiger partial charge on any atom is 0.252 e. The maximum absolute atomic E-state index is 13.2. The Bertz CT molecular complexity index is 847. The molecule has 0 spiro atoms. The third-order valence-corrected chi connectivity index (χ3v) is 4.71. The molecular weight excluding hydrogens is 337 g/mol. The number of aromatic nitrogens is 1. The molecule has 2 heterocycles. The molecule has 6 heteroatoms. The number of amides is 1. The van der Waals surface area contributed by atoms with Crippen LogP contribution in [0.2, 0.25) is 0 Å². The van der Waals surface area contributed by atoms with E-state index in [1.54, 1.807) is 41.8 Å². The van der Waals surface area contributed by atoms with E-state index in [2.05, 4.69) is 10.3 Å². The second-order valence-corrected chi connectivity index (χ2v) is 6.75. The van der Waals surface area contributed by atoms with Crippen LogP contribution in [0.3, 0.4) is 0 Å². The van der Waals surface area contributed by atoms with Crippen molar-refractivity contribution >= 4 is 23.1 Å². The molecular formula is C19H18FN3OS. The predicted molar refractivity (Wildman–Crippen MR) is 98.6 cm³/mol. The van der Waals surface area contributed by atoms with Gasteiger partial charge in [0.25, 0.3) is 5.91 Å². The van der Waals surface area contributed by atoms with Crippen molar-refractivity contribution in [3.63, 3.8) is 0 Å². The van der Waals surface area contributed by atoms with Crippen LogP contribution in [0.5, 0.6) is 0 Å². The smallest absolute Gasteiger partial charge is 0.252 e. The topological polar surface area (TPSA) is 45.2 Å². The van der Waals surface area contributed by atoms with Gasteiger partial charge in [0.2, 0.25) is 0 Å². The second-order valence-electron chi connectivity index (χ2n) is 5.77. The van der Waals surface area contributed by atoms with Crippen molar-refractivity contribution in [2.24, 2.45) is 0 Å². The molecule has 2 aromatic heterocycles. The number of hydrogen-bond donors (Lipinski definition) is 1. The van der Waals surface area contributed by atoms with E-state index in [4.69, 9.17) is 0 Å². The van der Waals surface area contributed by atoms with Gasteiger partial charge in [0.05, 0.1) is 6.04 Å². The number of nitrogens with one attached hydrogen (secondary N) is 1. The molecule has 0 radical (unpaired) electrons. The van der Waals surface area contributed by atoms with Gasteiger partial charge in [-0.05, 0) is 41.3 Å². The van der Waals surface area contributed by atoms with E-state index in [1.807, 2.05) is 36.5 Å². The summed E-state index contributed by atoms with van der Waals surface area (Å²) in [4.78, 5) is 19.8. The predicted octanol–water partition coefficient (Wildman–Crippen LogP) is 3.87. The number of anilines is 1. The third-order valence-electron chi connectivity index (χ3n) is 3.77. The quantitative estimate of drug-likeness (QED) is 0.756. The molecule has 128 valence electrons. The highest BCUT2D eigenvalue weighted by atomic mass is 32.1. The van der Waals surface area contributed by atoms with Gasteiger partial charge >= 0.3 is 0 Å². The van der Waals surface area contributed by atoms with E-state index in [1.165, 1.54) is 12.1 Å². The molecule has 3 aromatic rings. The van der Waals surface area contributed by atoms with Crippen LogP contribution in [0.25, 0.3) is 0 Å². The van der Waals surface area contributed by atoms with Gasteiger partial charge < -0.3 is 10.2 Å². The van der Waals surface area contributed by atoms with Gasteiger partial charge in [-0.3, -0.25) is 4.79 Å². The number of nitrogens with zero attached hydrogens (tertiary/aromatic N) is 2. The van der Waals surface area contributed by atoms with Crippen molar-refractivity contribution in [3.05, 3.63) is 81.9 Å². The summed E-state index contributed by atoms with van der Waals surface area (Å²) in [6.45, 7) is 0. The summed E-state index contributed by atoms with van der Waals surface area (Å²) in [5.74, 6) is 0.208. The molecule has 0 bridgehead atoms. The lowest BCUT2D eigenvalue weighted by Crippen LogP contribution is -2.29. The Labute approximate surface area is 150 Å². The molecule has 0 saturated heterocycles. The Morgan fingerprint density at radius 1 is 1.20 bits per heavy atom. The van der Waals surface area contributed by atoms with E-state index in [0.717, 1.165) is 10.4 Å². The first kappa shape index (κ1) is 17.1. The van der Waals surface area contributed by atoms with Crippen LogP contribution in [0.15, 0.2) is 60.1 Å². The fraction of sp³-hybridized carbons (Fsp3) is 0.158. The molecule has 25 heavy (non-hydrogen) atoms. The number of rotatable bonds is 5. The molecule has 0 aliphatic rings. The zero-order valence-electron chi connectivity index (χ0n) is 13.9. The molecule has 0 saturated carbocycles. The Morgan fingerprint density at radius 3 is 2.60 bits per heavy atom. The van der Waals surface area contributed by atoms with Crippen molar-refractivity contribution in [2.75, 3.05) is 19.0 Å². The van der Waals surface area contributed by atoms with Gasteiger partial charge in [0.15, 0.2) is 0 Å². The number of pyridine rings is 1. The van der Waals surface area contributed by atoms with E-state index >= 15 is 0 Å². The minimum absolute atomic E-state index is 0.201. The summed E-state index contributed by atoms with van der Waals surface area (Å²) < 4.78 is 13.2. The minimum atomic E-state index is -0.330. The van der Waals surface area contributed by atoms with Crippen LogP contribution < -0.4 is 10.2 Å². The molecule has 0 aliphatic carbocycles. The van der Waals surface area contributed by atoms with Crippen LogP contribution in [0, 0.1) is 5.82 Å². The normalized spacial score (nSPS) is 11.8. The number of halogens is 1. The van der Waals surface area contributed by atoms with Crippen molar-refractivity contribution in [1.29, 1.82) is 0 Å². The zero-order valence-corrected chi connectivity index (χ0v) is 14.8. The van der Waals surface area contributed by atoms with E-state index in [9.17, 15) is 9.18 Å². The Balaban J connectivity index is 1.89. The summed E-state index contributed by atoms with van der Waals surface area (Å²) in [6.07, 6.45) is 1.61. The summed E-state index contributed by atoms with van der Waals surface area (Å²) in [6, 6.07) is 13.2. The highest BCUT2D eigenvalue weighted by Crippen LogP contribution is 2.26. The lowest BCUT2D eigenvalue weighted by molar-refractivity contribution is 0.0943. The van der Waals surface area contributed by atoms with E-state index in [0.29, 0.717) is 11.4 Å². The summed E-state index contributed by atoms with van der Waals surface area (Å²) >= 11 is 1.55. The van der Waals surface area contributed by atoms with Gasteiger partial charge in [0, 0.05) is 30.7 Å². The van der Waals surface area contributed by atoms with E-state index < -0.39 is 0 Å². The molecule has 0 aliphatic heterocycles. The minimum Gasteiger partial charge on any atom is -0.363 e. The number of benzene rings is 1. The highest BCUT2D eigenvalue weighted by molar-refractivity contribution is 7.10. The first-order chi connectivity index (χ1) is 12.0. The van der Waals surface area contributed by atoms with Crippen molar-refractivity contribution < 1.29 is 9.18 Å². The van der Waals surface area contributed by atoms with Crippen molar-refractivity contribution in [2.45, 2.75) is 6.04 Å². The summed E-state index contributed by atoms with van der Waals surface area (Å²) in [5, 5.41) is 4.99. The lowest BCUT2D eigenvalue weighted by Gasteiger charge is -2.19. The molecule has 1 N–H and O–H groups in total. The summed E-state index contributed by atoms with van der Waals surface area (Å²) in [7, 11) is 3.74. The van der Waals surface area contributed by atoms with Crippen LogP contribution in [0.1, 0.15) is 26.8 Å². The lowest BCUT2D eigenvalue weighted by atomic mass is 10.0. The zero-order chi connectivity index (χ0) is 17.8. The third kappa shape index (κ3) is 4.03. The first-order valence-corrected chi connectivity index (χ1v) is 8.65. The molecule has 3 rings (SSSR count). The molecule has 1 atom stereocenters. The second kappa shape index (κ2) is 7.44. The largest absolute Gasteiger partial charge is 0.363 e. The van der Waals surface area contributed by atoms with Gasteiger partial charge in [-0.15, -0.1) is 11.3 Å². The molecule has 4 nitrogen and oxygen atoms in total. The van der Waals surface area contributed by atoms with Crippen LogP contribution in [-0.4, -0.2) is 25.0 Å². The first-order valence-electron chi connectivity index (χ1n) is 7.77. The molecule has 1 aromatic carbocycles. The van der Waals surface area contributed by atoms with Gasteiger partial charge in [-0.2, -0.15) is 0 Å². The fourth-order valence-electron chi connectivity index (χ4n) is 2.45. The van der Waals surface area contributed by atoms with Crippen molar-refractivity contribution in [1.82, 2.24) is 10.3 Å². The van der Waals surface area contributed by atoms with Crippen LogP contribution in [-0.2, 0) is 0 Å². The Hall–Kier alpha value is -2.73. The van der Waals surface area contributed by atoms with Gasteiger partial charge in [0.1, 0.15) is 11.6 Å². The van der Waals surface area contributed by atoms with E-state index in [-0.39, 0.29) is 17.8 Å². The fourth-order valence-corrected chi connectivity index (χ4v) is 3.25. The number of thiophene rings is 1. The van der Waals surface area contributed by atoms with Gasteiger partial charge in [-0.25, -0.2) is 9.37 Å².